The predicted octanol–water partition coefficient (Wildman–Crippen LogP) is 28.1. The fraction of sp³-hybridized carbons (Fsp3) is 0.222. The molecule has 0 N–H and O–H groups in total. The summed E-state index contributed by atoms with van der Waals surface area (Å²) >= 11 is 30.6. The molecule has 0 radical (unpaired) electrons. The highest BCUT2D eigenvalue weighted by Crippen LogP contribution is 2.40. The first-order valence-corrected chi connectivity index (χ1v) is 46.0. The number of hydrogen-bond donors (Lipinski definition) is 0. The van der Waals surface area contributed by atoms with Crippen molar-refractivity contribution in [2.24, 2.45) is 0 Å². The maximum atomic E-state index is 10.7. The molecule has 11 rings (SSSR count). The maximum absolute atomic E-state index is 10.7. The summed E-state index contributed by atoms with van der Waals surface area (Å²) in [4.78, 5) is 15.5. The van der Waals surface area contributed by atoms with Gasteiger partial charge in [0.1, 0.15) is 0 Å². The first-order chi connectivity index (χ1) is 58.3. The molecular weight excluding hydrogens is 2050 g/mol. The van der Waals surface area contributed by atoms with Crippen molar-refractivity contribution in [3.8, 4) is 83.4 Å². The van der Waals surface area contributed by atoms with Crippen molar-refractivity contribution in [3.05, 3.63) is 393 Å². The zero-order valence-electron chi connectivity index (χ0n) is 72.6. The molecule has 0 amide bonds. The first kappa shape index (κ1) is 94.4. The minimum absolute atomic E-state index is 0.0800. The monoisotopic (exact) mass is 2130 g/mol. The standard InChI is InChI=1S/C108H86Br8N8/c1-22-68-43-69(23-25-71-46-73(27-31-77-52-85(109)97(86(110)53-77)101(121-117)93-60(2)35-81(36-61(93)3)105(10,11)12)50-74(47-71)28-32-78-54-87(111)98(88(112)55-78)102(122-118)94-62(4)37-82(38-63(94)5)106(13,14)15)45-70(44-68)24-26-72-48-75(29-33-79-56-89(113)99(90(114)57-79)103(123-119)95-64(6)39-83(40-65(95)7)107(16,17)18)51-76(49-72)30-34-80-58-91(115)100(92(116)59-80)104(124-120)96-66(8)41-84(42-67(96)9)108(19,20)21/h1,35-59H,2-21H3. The van der Waals surface area contributed by atoms with Gasteiger partial charge in [-0.25, -0.2) is 0 Å². The Bertz CT molecular complexity index is 6130. The van der Waals surface area contributed by atoms with Gasteiger partial charge in [0.2, 0.25) is 0 Å². The minimum Gasteiger partial charge on any atom is -0.361 e. The number of terminal acetylenes is 1. The summed E-state index contributed by atoms with van der Waals surface area (Å²) in [5.41, 5.74) is 71.1. The molecule has 614 valence electrons. The van der Waals surface area contributed by atoms with Gasteiger partial charge < -0.3 is 22.1 Å². The van der Waals surface area contributed by atoms with Crippen molar-refractivity contribution in [1.82, 2.24) is 0 Å². The molecule has 0 aliphatic rings. The Balaban J connectivity index is 0.991. The number of hydrogen-bond acceptors (Lipinski definition) is 0. The lowest BCUT2D eigenvalue weighted by Crippen LogP contribution is -2.16. The second kappa shape index (κ2) is 38.7. The first-order valence-electron chi connectivity index (χ1n) is 39.7. The normalized spacial score (nSPS) is 11.0. The van der Waals surface area contributed by atoms with Gasteiger partial charge in [0.15, 0.2) is 0 Å². The number of rotatable bonds is 8. The van der Waals surface area contributed by atoms with Crippen LogP contribution in [0.4, 0.5) is 0 Å². The lowest BCUT2D eigenvalue weighted by atomic mass is 9.82. The fourth-order valence-corrected chi connectivity index (χ4v) is 21.1. The average Bonchev–Trinajstić information content (AvgIpc) is 0.785. The van der Waals surface area contributed by atoms with Crippen molar-refractivity contribution in [2.75, 3.05) is 0 Å². The summed E-state index contributed by atoms with van der Waals surface area (Å²) in [5, 5.41) is 0. The highest BCUT2D eigenvalue weighted by atomic mass is 79.9. The van der Waals surface area contributed by atoms with Gasteiger partial charge in [-0.1, -0.05) is 209 Å². The molecule has 0 aliphatic heterocycles. The molecule has 11 aromatic carbocycles. The van der Waals surface area contributed by atoms with Crippen LogP contribution < -0.4 is 0 Å². The molecular formula is C108H86Br8N8. The summed E-state index contributed by atoms with van der Waals surface area (Å²) in [6, 6.07) is 49.6. The van der Waals surface area contributed by atoms with Crippen LogP contribution in [0.2, 0.25) is 0 Å². The number of aryl methyl sites for hydroxylation is 8. The van der Waals surface area contributed by atoms with Gasteiger partial charge in [-0.3, -0.25) is 0 Å². The topological polar surface area (TPSA) is 146 Å². The van der Waals surface area contributed by atoms with Crippen LogP contribution in [-0.4, -0.2) is 42.0 Å². The van der Waals surface area contributed by atoms with E-state index < -0.39 is 0 Å². The molecule has 0 fully saturated rings. The lowest BCUT2D eigenvalue weighted by molar-refractivity contribution is -0.00343. The van der Waals surface area contributed by atoms with Gasteiger partial charge in [0, 0.05) is 108 Å². The van der Waals surface area contributed by atoms with Crippen molar-refractivity contribution in [1.29, 1.82) is 0 Å². The second-order valence-electron chi connectivity index (χ2n) is 35.0. The summed E-state index contributed by atoms with van der Waals surface area (Å²) in [6.07, 6.45) is 6.23. The van der Waals surface area contributed by atoms with Crippen molar-refractivity contribution >= 4 is 150 Å². The molecule has 11 aromatic rings. The lowest BCUT2D eigenvalue weighted by Gasteiger charge is -2.21. The quantitative estimate of drug-likeness (QED) is 0.0617. The van der Waals surface area contributed by atoms with Crippen molar-refractivity contribution in [3.63, 3.8) is 0 Å². The van der Waals surface area contributed by atoms with E-state index in [0.29, 0.717) is 153 Å². The predicted molar refractivity (Wildman–Crippen MR) is 536 cm³/mol. The van der Waals surface area contributed by atoms with Gasteiger partial charge in [0.05, 0.1) is 44.5 Å². The van der Waals surface area contributed by atoms with Crippen LogP contribution in [0.1, 0.15) is 267 Å². The maximum Gasteiger partial charge on any atom is 0.332 e. The number of halogens is 8. The molecule has 0 aliphatic carbocycles. The molecule has 0 bridgehead atoms. The van der Waals surface area contributed by atoms with Crippen LogP contribution in [0.3, 0.4) is 0 Å². The van der Waals surface area contributed by atoms with E-state index in [1.54, 1.807) is 0 Å². The SMILES string of the molecule is C#Cc1cc(C#Cc2cc(C#Cc3cc(Br)c(C(=[N+]=[N-])c4c(C)cc(C(C)(C)C)cc4C)c(Br)c3)cc(C#Cc3cc(Br)c(C(=[N+]=[N-])c4c(C)cc(C(C)(C)C)cc4C)c(Br)c3)c2)cc(C#Cc2cc(C#Cc3cc(Br)c(C(=[N+]=[N-])c4c(C)cc(C(C)(C)C)cc4C)c(Br)c3)cc(C#Cc3cc(Br)c(C(=[N+]=[N-])c4c(C)cc(C(C)(C)C)cc4C)c(Br)c3)c2)c1. The zero-order chi connectivity index (χ0) is 90.7. The van der Waals surface area contributed by atoms with Gasteiger partial charge in [-0.15, -0.1) is 6.42 Å². The summed E-state index contributed by atoms with van der Waals surface area (Å²) < 4.78 is 5.37. The van der Waals surface area contributed by atoms with Crippen molar-refractivity contribution in [2.45, 2.75) is 160 Å². The van der Waals surface area contributed by atoms with Gasteiger partial charge >= 0.3 is 22.8 Å². The van der Waals surface area contributed by atoms with Gasteiger partial charge in [-0.05, 0) is 374 Å². The van der Waals surface area contributed by atoms with Crippen LogP contribution >= 0.6 is 127 Å². The molecule has 0 spiro atoms. The number of benzene rings is 11. The molecule has 0 atom stereocenters. The second-order valence-corrected chi connectivity index (χ2v) is 41.9. The average molecular weight is 2140 g/mol. The van der Waals surface area contributed by atoms with Crippen LogP contribution in [0.15, 0.2) is 187 Å². The van der Waals surface area contributed by atoms with E-state index in [1.165, 1.54) is 22.3 Å². The highest BCUT2D eigenvalue weighted by molar-refractivity contribution is 9.12. The third kappa shape index (κ3) is 22.0. The molecule has 0 saturated heterocycles. The fourth-order valence-electron chi connectivity index (χ4n) is 14.9. The van der Waals surface area contributed by atoms with Crippen LogP contribution in [0.5, 0.6) is 0 Å². The Hall–Kier alpha value is -10.3. The van der Waals surface area contributed by atoms with E-state index in [-0.39, 0.29) is 21.7 Å². The molecule has 8 nitrogen and oxygen atoms in total. The molecule has 0 heterocycles. The van der Waals surface area contributed by atoms with Crippen molar-refractivity contribution < 1.29 is 19.2 Å². The Morgan fingerprint density at radius 1 is 0.210 bits per heavy atom. The Labute approximate surface area is 798 Å². The summed E-state index contributed by atoms with van der Waals surface area (Å²) in [7, 11) is 0. The molecule has 16 heteroatoms. The summed E-state index contributed by atoms with van der Waals surface area (Å²) in [5.74, 6) is 43.6. The number of nitrogens with zero attached hydrogens (tertiary/aromatic N) is 8. The van der Waals surface area contributed by atoms with Crippen LogP contribution in [0.25, 0.3) is 22.1 Å². The van der Waals surface area contributed by atoms with Crippen LogP contribution in [-0.2, 0) is 21.7 Å². The molecule has 124 heavy (non-hydrogen) atoms. The minimum atomic E-state index is -0.0800. The van der Waals surface area contributed by atoms with E-state index in [4.69, 9.17) is 6.42 Å². The zero-order valence-corrected chi connectivity index (χ0v) is 85.3. The highest BCUT2D eigenvalue weighted by Gasteiger charge is 2.33. The Morgan fingerprint density at radius 3 is 0.444 bits per heavy atom. The summed E-state index contributed by atoms with van der Waals surface area (Å²) in [6.45, 7) is 42.5. The van der Waals surface area contributed by atoms with E-state index in [0.717, 1.165) is 66.8 Å². The largest absolute Gasteiger partial charge is 0.361 e. The molecule has 0 unspecified atom stereocenters. The Morgan fingerprint density at radius 2 is 0.331 bits per heavy atom. The molecule has 0 saturated carbocycles. The third-order valence-corrected chi connectivity index (χ3v) is 26.1. The smallest absolute Gasteiger partial charge is 0.332 e. The van der Waals surface area contributed by atoms with E-state index >= 15 is 0 Å². The third-order valence-electron chi connectivity index (χ3n) is 21.1. The molecule has 0 aromatic heterocycles. The van der Waals surface area contributed by atoms with Gasteiger partial charge in [0.25, 0.3) is 0 Å². The van der Waals surface area contributed by atoms with E-state index in [2.05, 4.69) is 355 Å². The van der Waals surface area contributed by atoms with E-state index in [9.17, 15) is 22.1 Å². The Kier molecular flexibility index (Phi) is 29.4. The van der Waals surface area contributed by atoms with E-state index in [1.807, 2.05) is 159 Å². The van der Waals surface area contributed by atoms with Crippen LogP contribution in [0, 0.1) is 139 Å². The van der Waals surface area contributed by atoms with Gasteiger partial charge in [-0.2, -0.15) is 19.2 Å².